The van der Waals surface area contributed by atoms with Gasteiger partial charge in [-0.1, -0.05) is 6.92 Å². The van der Waals surface area contributed by atoms with Gasteiger partial charge in [-0.15, -0.1) is 0 Å². The Kier molecular flexibility index (Phi) is 4.28. The van der Waals surface area contributed by atoms with Crippen LogP contribution >= 0.6 is 0 Å². The number of hydrogen-bond donors (Lipinski definition) is 2. The van der Waals surface area contributed by atoms with Crippen LogP contribution in [0, 0.1) is 5.92 Å². The highest BCUT2D eigenvalue weighted by Gasteiger charge is 2.36. The van der Waals surface area contributed by atoms with Crippen LogP contribution in [0.2, 0.25) is 0 Å². The first-order valence-corrected chi connectivity index (χ1v) is 6.81. The van der Waals surface area contributed by atoms with E-state index < -0.39 is 22.1 Å². The molecule has 6 nitrogen and oxygen atoms in total. The lowest BCUT2D eigenvalue weighted by Crippen LogP contribution is -2.51. The van der Waals surface area contributed by atoms with E-state index in [0.717, 1.165) is 0 Å². The Morgan fingerprint density at radius 1 is 1.50 bits per heavy atom. The molecule has 1 rings (SSSR count). The highest BCUT2D eigenvalue weighted by molar-refractivity contribution is 7.87. The quantitative estimate of drug-likeness (QED) is 0.736. The number of nitrogens with one attached hydrogen (secondary N) is 1. The number of carbonyl (C=O) groups is 1. The molecule has 0 spiro atoms. The van der Waals surface area contributed by atoms with E-state index in [1.165, 1.54) is 4.31 Å². The molecule has 0 aromatic rings. The Hall–Kier alpha value is -0.660. The molecule has 1 heterocycles. The van der Waals surface area contributed by atoms with Crippen molar-refractivity contribution in [2.45, 2.75) is 32.7 Å². The molecule has 1 saturated heterocycles. The molecule has 94 valence electrons. The standard InChI is InChI=1S/C9H18N2O4S/c1-3-10-16(14,15)11-6-8(9(12)13)5-4-7(11)2/h7-8,10H,3-6H2,1-2H3,(H,12,13). The summed E-state index contributed by atoms with van der Waals surface area (Å²) in [5.41, 5.74) is 0. The molecule has 0 aromatic carbocycles. The van der Waals surface area contributed by atoms with Gasteiger partial charge in [-0.3, -0.25) is 4.79 Å². The van der Waals surface area contributed by atoms with Crippen LogP contribution in [0.15, 0.2) is 0 Å². The number of carboxylic acid groups (broad SMARTS) is 1. The van der Waals surface area contributed by atoms with Crippen LogP contribution in [-0.2, 0) is 15.0 Å². The summed E-state index contributed by atoms with van der Waals surface area (Å²) in [6.45, 7) is 3.86. The first kappa shape index (κ1) is 13.4. The van der Waals surface area contributed by atoms with Crippen LogP contribution in [0.3, 0.4) is 0 Å². The molecule has 0 amide bonds. The molecule has 1 fully saturated rings. The minimum absolute atomic E-state index is 0.0613. The second-order valence-corrected chi connectivity index (χ2v) is 5.74. The normalized spacial score (nSPS) is 27.9. The maximum absolute atomic E-state index is 11.8. The third kappa shape index (κ3) is 2.93. The second kappa shape index (κ2) is 5.11. The fraction of sp³-hybridized carbons (Fsp3) is 0.889. The average molecular weight is 250 g/mol. The average Bonchev–Trinajstić information content (AvgIpc) is 2.17. The van der Waals surface area contributed by atoms with Gasteiger partial charge in [0.05, 0.1) is 5.92 Å². The van der Waals surface area contributed by atoms with Crippen LogP contribution in [0.1, 0.15) is 26.7 Å². The molecular weight excluding hydrogens is 232 g/mol. The van der Waals surface area contributed by atoms with Gasteiger partial charge >= 0.3 is 5.97 Å². The van der Waals surface area contributed by atoms with Crippen molar-refractivity contribution in [2.75, 3.05) is 13.1 Å². The highest BCUT2D eigenvalue weighted by atomic mass is 32.2. The molecular formula is C9H18N2O4S. The van der Waals surface area contributed by atoms with Crippen LogP contribution < -0.4 is 4.72 Å². The van der Waals surface area contributed by atoms with Crippen molar-refractivity contribution in [3.63, 3.8) is 0 Å². The van der Waals surface area contributed by atoms with Gasteiger partial charge in [0, 0.05) is 19.1 Å². The minimum atomic E-state index is -3.53. The Morgan fingerprint density at radius 2 is 2.12 bits per heavy atom. The van der Waals surface area contributed by atoms with Crippen LogP contribution in [0.4, 0.5) is 0 Å². The van der Waals surface area contributed by atoms with Crippen molar-refractivity contribution in [3.8, 4) is 0 Å². The molecule has 0 aromatic heterocycles. The van der Waals surface area contributed by atoms with Gasteiger partial charge < -0.3 is 5.11 Å². The van der Waals surface area contributed by atoms with Crippen molar-refractivity contribution in [3.05, 3.63) is 0 Å². The molecule has 0 saturated carbocycles. The molecule has 16 heavy (non-hydrogen) atoms. The number of aliphatic carboxylic acids is 1. The van der Waals surface area contributed by atoms with Crippen molar-refractivity contribution in [1.82, 2.24) is 9.03 Å². The molecule has 2 unspecified atom stereocenters. The molecule has 0 bridgehead atoms. The second-order valence-electron chi connectivity index (χ2n) is 4.03. The van der Waals surface area contributed by atoms with E-state index in [1.54, 1.807) is 13.8 Å². The van der Waals surface area contributed by atoms with Crippen LogP contribution in [-0.4, -0.2) is 42.9 Å². The number of nitrogens with zero attached hydrogens (tertiary/aromatic N) is 1. The molecule has 0 aliphatic carbocycles. The lowest BCUT2D eigenvalue weighted by molar-refractivity contribution is -0.143. The number of carboxylic acids is 1. The molecule has 1 aliphatic heterocycles. The van der Waals surface area contributed by atoms with Gasteiger partial charge in [0.1, 0.15) is 0 Å². The SMILES string of the molecule is CCNS(=O)(=O)N1CC(C(=O)O)CCC1C. The van der Waals surface area contributed by atoms with Crippen LogP contribution in [0.5, 0.6) is 0 Å². The largest absolute Gasteiger partial charge is 0.481 e. The zero-order chi connectivity index (χ0) is 12.3. The predicted molar refractivity (Wildman–Crippen MR) is 59.1 cm³/mol. The zero-order valence-electron chi connectivity index (χ0n) is 9.51. The van der Waals surface area contributed by atoms with Crippen LogP contribution in [0.25, 0.3) is 0 Å². The maximum atomic E-state index is 11.8. The first-order valence-electron chi connectivity index (χ1n) is 5.37. The van der Waals surface area contributed by atoms with E-state index in [0.29, 0.717) is 19.4 Å². The summed E-state index contributed by atoms with van der Waals surface area (Å²) in [6.07, 6.45) is 1.12. The summed E-state index contributed by atoms with van der Waals surface area (Å²) in [4.78, 5) is 10.8. The number of piperidine rings is 1. The Bertz CT molecular complexity index is 355. The predicted octanol–water partition coefficient (Wildman–Crippen LogP) is 0.0258. The van der Waals surface area contributed by atoms with E-state index in [2.05, 4.69) is 4.72 Å². The molecule has 1 aliphatic rings. The molecule has 2 N–H and O–H groups in total. The van der Waals surface area contributed by atoms with Crippen molar-refractivity contribution in [2.24, 2.45) is 5.92 Å². The van der Waals surface area contributed by atoms with Gasteiger partial charge in [0.2, 0.25) is 0 Å². The monoisotopic (exact) mass is 250 g/mol. The van der Waals surface area contributed by atoms with E-state index in [-0.39, 0.29) is 12.6 Å². The summed E-state index contributed by atoms with van der Waals surface area (Å²) in [5.74, 6) is -1.52. The van der Waals surface area contributed by atoms with E-state index >= 15 is 0 Å². The van der Waals surface area contributed by atoms with E-state index in [4.69, 9.17) is 5.11 Å². The third-order valence-corrected chi connectivity index (χ3v) is 4.59. The summed E-state index contributed by atoms with van der Waals surface area (Å²) < 4.78 is 27.2. The summed E-state index contributed by atoms with van der Waals surface area (Å²) in [7, 11) is -3.53. The molecule has 7 heteroatoms. The van der Waals surface area contributed by atoms with Crippen molar-refractivity contribution < 1.29 is 18.3 Å². The first-order chi connectivity index (χ1) is 7.38. The summed E-state index contributed by atoms with van der Waals surface area (Å²) >= 11 is 0. The lowest BCUT2D eigenvalue weighted by atomic mass is 9.96. The van der Waals surface area contributed by atoms with Gasteiger partial charge in [-0.2, -0.15) is 12.7 Å². The van der Waals surface area contributed by atoms with Gasteiger partial charge in [0.25, 0.3) is 10.2 Å². The Balaban J connectivity index is 2.81. The van der Waals surface area contributed by atoms with Gasteiger partial charge in [-0.25, -0.2) is 4.72 Å². The smallest absolute Gasteiger partial charge is 0.307 e. The van der Waals surface area contributed by atoms with Gasteiger partial charge in [0.15, 0.2) is 0 Å². The highest BCUT2D eigenvalue weighted by Crippen LogP contribution is 2.23. The number of rotatable bonds is 4. The van der Waals surface area contributed by atoms with Gasteiger partial charge in [-0.05, 0) is 19.8 Å². The zero-order valence-corrected chi connectivity index (χ0v) is 10.3. The van der Waals surface area contributed by atoms with E-state index in [9.17, 15) is 13.2 Å². The Morgan fingerprint density at radius 3 is 2.62 bits per heavy atom. The van der Waals surface area contributed by atoms with Crippen molar-refractivity contribution >= 4 is 16.2 Å². The van der Waals surface area contributed by atoms with Crippen molar-refractivity contribution in [1.29, 1.82) is 0 Å². The third-order valence-electron chi connectivity index (χ3n) is 2.81. The number of hydrogen-bond acceptors (Lipinski definition) is 3. The molecule has 2 atom stereocenters. The van der Waals surface area contributed by atoms with E-state index in [1.807, 2.05) is 0 Å². The Labute approximate surface area is 95.8 Å². The fourth-order valence-electron chi connectivity index (χ4n) is 1.88. The summed E-state index contributed by atoms with van der Waals surface area (Å²) in [6, 6.07) is -0.139. The minimum Gasteiger partial charge on any atom is -0.481 e. The summed E-state index contributed by atoms with van der Waals surface area (Å²) in [5, 5.41) is 8.90. The topological polar surface area (TPSA) is 86.7 Å². The maximum Gasteiger partial charge on any atom is 0.307 e. The molecule has 0 radical (unpaired) electrons. The fourth-order valence-corrected chi connectivity index (χ4v) is 3.36. The lowest BCUT2D eigenvalue weighted by Gasteiger charge is -2.35.